The third-order valence-corrected chi connectivity index (χ3v) is 3.52. The summed E-state index contributed by atoms with van der Waals surface area (Å²) in [5, 5.41) is 2.89. The molecule has 6 heteroatoms. The van der Waals surface area contributed by atoms with E-state index in [2.05, 4.69) is 15.3 Å². The first kappa shape index (κ1) is 13.5. The molecule has 0 fully saturated rings. The zero-order chi connectivity index (χ0) is 14.8. The first-order valence-corrected chi connectivity index (χ1v) is 6.75. The van der Waals surface area contributed by atoms with Crippen LogP contribution >= 0.6 is 0 Å². The van der Waals surface area contributed by atoms with Gasteiger partial charge in [0, 0.05) is 19.2 Å². The Morgan fingerprint density at radius 2 is 2.14 bits per heavy atom. The van der Waals surface area contributed by atoms with E-state index in [1.807, 2.05) is 0 Å². The molecule has 0 atom stereocenters. The molecule has 108 valence electrons. The van der Waals surface area contributed by atoms with E-state index in [0.717, 1.165) is 11.3 Å². The number of halogens is 1. The molecular formula is C15H15FN4O. The Morgan fingerprint density at radius 1 is 1.29 bits per heavy atom. The number of aryl methyl sites for hydroxylation is 1. The van der Waals surface area contributed by atoms with Gasteiger partial charge in [-0.3, -0.25) is 9.78 Å². The zero-order valence-electron chi connectivity index (χ0n) is 11.6. The van der Waals surface area contributed by atoms with Crippen molar-refractivity contribution >= 4 is 17.4 Å². The molecule has 0 unspecified atom stereocenters. The number of hydrogen-bond acceptors (Lipinski definition) is 4. The van der Waals surface area contributed by atoms with Crippen molar-refractivity contribution in [2.24, 2.45) is 0 Å². The van der Waals surface area contributed by atoms with Crippen molar-refractivity contribution in [1.82, 2.24) is 9.97 Å². The average Bonchev–Trinajstić information content (AvgIpc) is 2.51. The number of benzene rings is 1. The van der Waals surface area contributed by atoms with Crippen LogP contribution in [0.5, 0.6) is 0 Å². The predicted molar refractivity (Wildman–Crippen MR) is 77.5 cm³/mol. The van der Waals surface area contributed by atoms with Gasteiger partial charge in [-0.05, 0) is 30.2 Å². The number of anilines is 2. The van der Waals surface area contributed by atoms with Gasteiger partial charge >= 0.3 is 0 Å². The van der Waals surface area contributed by atoms with Gasteiger partial charge in [0.05, 0.1) is 24.6 Å². The Bertz CT molecular complexity index is 672. The number of nitrogens with zero attached hydrogens (tertiary/aromatic N) is 3. The fourth-order valence-corrected chi connectivity index (χ4v) is 2.43. The van der Waals surface area contributed by atoms with Gasteiger partial charge in [0.25, 0.3) is 0 Å². The zero-order valence-corrected chi connectivity index (χ0v) is 11.6. The summed E-state index contributed by atoms with van der Waals surface area (Å²) in [5.74, 6) is 0.418. The van der Waals surface area contributed by atoms with Gasteiger partial charge in [-0.2, -0.15) is 0 Å². The monoisotopic (exact) mass is 286 g/mol. The van der Waals surface area contributed by atoms with Gasteiger partial charge < -0.3 is 10.2 Å². The van der Waals surface area contributed by atoms with E-state index in [4.69, 9.17) is 0 Å². The molecule has 2 heterocycles. The van der Waals surface area contributed by atoms with Gasteiger partial charge in [0.15, 0.2) is 0 Å². The largest absolute Gasteiger partial charge is 0.372 e. The molecule has 0 saturated carbocycles. The molecule has 1 N–H and O–H groups in total. The molecule has 0 radical (unpaired) electrons. The minimum atomic E-state index is -0.277. The van der Waals surface area contributed by atoms with Crippen molar-refractivity contribution in [1.29, 1.82) is 0 Å². The van der Waals surface area contributed by atoms with Gasteiger partial charge in [0.1, 0.15) is 11.6 Å². The Labute approximate surface area is 121 Å². The number of aromatic nitrogens is 2. The lowest BCUT2D eigenvalue weighted by atomic mass is 10.0. The van der Waals surface area contributed by atoms with Crippen LogP contribution in [-0.4, -0.2) is 22.9 Å². The van der Waals surface area contributed by atoms with Gasteiger partial charge in [-0.25, -0.2) is 9.37 Å². The highest BCUT2D eigenvalue weighted by Crippen LogP contribution is 2.29. The highest BCUT2D eigenvalue weighted by Gasteiger charge is 2.24. The second-order valence-corrected chi connectivity index (χ2v) is 4.90. The lowest BCUT2D eigenvalue weighted by Gasteiger charge is -2.29. The quantitative estimate of drug-likeness (QED) is 0.939. The van der Waals surface area contributed by atoms with Crippen LogP contribution in [-0.2, 0) is 17.8 Å². The SMILES string of the molecule is CNc1cnc(CN2C(=O)CCc3cc(F)ccc32)cn1. The van der Waals surface area contributed by atoms with Crippen molar-refractivity contribution in [3.05, 3.63) is 47.7 Å². The molecule has 5 nitrogen and oxygen atoms in total. The maximum Gasteiger partial charge on any atom is 0.227 e. The summed E-state index contributed by atoms with van der Waals surface area (Å²) in [6.07, 6.45) is 4.22. The Kier molecular flexibility index (Phi) is 3.51. The Balaban J connectivity index is 1.89. The lowest BCUT2D eigenvalue weighted by molar-refractivity contribution is -0.119. The van der Waals surface area contributed by atoms with Crippen LogP contribution in [0.25, 0.3) is 0 Å². The molecule has 1 aliphatic heterocycles. The van der Waals surface area contributed by atoms with Crippen molar-refractivity contribution in [2.75, 3.05) is 17.3 Å². The number of carbonyl (C=O) groups is 1. The van der Waals surface area contributed by atoms with E-state index < -0.39 is 0 Å². The molecule has 0 saturated heterocycles. The summed E-state index contributed by atoms with van der Waals surface area (Å²) >= 11 is 0. The Morgan fingerprint density at radius 3 is 2.86 bits per heavy atom. The standard InChI is InChI=1S/C15H15FN4O/c1-17-14-8-18-12(7-19-14)9-20-13-4-3-11(16)6-10(13)2-5-15(20)21/h3-4,6-8H,2,5,9H2,1H3,(H,17,19). The maximum atomic E-state index is 13.3. The van der Waals surface area contributed by atoms with Gasteiger partial charge in [-0.15, -0.1) is 0 Å². The third-order valence-electron chi connectivity index (χ3n) is 3.52. The van der Waals surface area contributed by atoms with Gasteiger partial charge in [-0.1, -0.05) is 0 Å². The highest BCUT2D eigenvalue weighted by atomic mass is 19.1. The van der Waals surface area contributed by atoms with Crippen molar-refractivity contribution in [3.63, 3.8) is 0 Å². The lowest BCUT2D eigenvalue weighted by Crippen LogP contribution is -2.34. The summed E-state index contributed by atoms with van der Waals surface area (Å²) in [4.78, 5) is 22.2. The minimum Gasteiger partial charge on any atom is -0.372 e. The van der Waals surface area contributed by atoms with Crippen molar-refractivity contribution < 1.29 is 9.18 Å². The summed E-state index contributed by atoms with van der Waals surface area (Å²) in [7, 11) is 1.77. The molecule has 1 aromatic carbocycles. The van der Waals surface area contributed by atoms with Crippen LogP contribution in [0.15, 0.2) is 30.6 Å². The summed E-state index contributed by atoms with van der Waals surface area (Å²) in [6.45, 7) is 0.342. The molecule has 1 aromatic heterocycles. The fourth-order valence-electron chi connectivity index (χ4n) is 2.43. The first-order valence-electron chi connectivity index (χ1n) is 6.75. The molecular weight excluding hydrogens is 271 g/mol. The van der Waals surface area contributed by atoms with Crippen LogP contribution in [0.3, 0.4) is 0 Å². The number of carbonyl (C=O) groups excluding carboxylic acids is 1. The van der Waals surface area contributed by atoms with Crippen LogP contribution in [0.1, 0.15) is 17.7 Å². The number of amides is 1. The van der Waals surface area contributed by atoms with E-state index in [1.165, 1.54) is 12.1 Å². The first-order chi connectivity index (χ1) is 10.2. The molecule has 1 amide bonds. The number of hydrogen-bond donors (Lipinski definition) is 1. The molecule has 21 heavy (non-hydrogen) atoms. The molecule has 1 aliphatic rings. The van der Waals surface area contributed by atoms with Crippen LogP contribution in [0, 0.1) is 5.82 Å². The van der Waals surface area contributed by atoms with Crippen molar-refractivity contribution in [2.45, 2.75) is 19.4 Å². The smallest absolute Gasteiger partial charge is 0.227 e. The van der Waals surface area contributed by atoms with E-state index in [-0.39, 0.29) is 11.7 Å². The minimum absolute atomic E-state index is 0.0219. The second-order valence-electron chi connectivity index (χ2n) is 4.90. The molecule has 0 spiro atoms. The van der Waals surface area contributed by atoms with Crippen LogP contribution < -0.4 is 10.2 Å². The summed E-state index contributed by atoms with van der Waals surface area (Å²) < 4.78 is 13.3. The molecule has 2 aromatic rings. The number of fused-ring (bicyclic) bond motifs is 1. The van der Waals surface area contributed by atoms with E-state index in [0.29, 0.717) is 30.9 Å². The van der Waals surface area contributed by atoms with E-state index in [1.54, 1.807) is 30.4 Å². The van der Waals surface area contributed by atoms with Gasteiger partial charge in [0.2, 0.25) is 5.91 Å². The summed E-state index contributed by atoms with van der Waals surface area (Å²) in [5.41, 5.74) is 2.31. The second kappa shape index (κ2) is 5.47. The molecule has 3 rings (SSSR count). The molecule has 0 bridgehead atoms. The normalized spacial score (nSPS) is 14.0. The van der Waals surface area contributed by atoms with Crippen LogP contribution in [0.2, 0.25) is 0 Å². The maximum absolute atomic E-state index is 13.3. The molecule has 0 aliphatic carbocycles. The summed E-state index contributed by atoms with van der Waals surface area (Å²) in [6, 6.07) is 4.52. The fraction of sp³-hybridized carbons (Fsp3) is 0.267. The van der Waals surface area contributed by atoms with Crippen LogP contribution in [0.4, 0.5) is 15.9 Å². The predicted octanol–water partition coefficient (Wildman–Crippen LogP) is 2.14. The highest BCUT2D eigenvalue weighted by molar-refractivity contribution is 5.96. The average molecular weight is 286 g/mol. The van der Waals surface area contributed by atoms with Crippen molar-refractivity contribution in [3.8, 4) is 0 Å². The Hall–Kier alpha value is -2.50. The number of nitrogens with one attached hydrogen (secondary N) is 1. The van der Waals surface area contributed by atoms with E-state index >= 15 is 0 Å². The van der Waals surface area contributed by atoms with E-state index in [9.17, 15) is 9.18 Å². The topological polar surface area (TPSA) is 58.1 Å². The third kappa shape index (κ3) is 2.69. The number of rotatable bonds is 3.